The van der Waals surface area contributed by atoms with Crippen LogP contribution >= 0.6 is 0 Å². The molecule has 1 aromatic rings. The fourth-order valence-corrected chi connectivity index (χ4v) is 1.56. The van der Waals surface area contributed by atoms with Crippen LogP contribution in [0, 0.1) is 17.2 Å². The van der Waals surface area contributed by atoms with Gasteiger partial charge >= 0.3 is 0 Å². The highest BCUT2D eigenvalue weighted by Crippen LogP contribution is 2.27. The smallest absolute Gasteiger partial charge is 0.121 e. The van der Waals surface area contributed by atoms with Crippen LogP contribution in [0.1, 0.15) is 6.92 Å². The Labute approximate surface area is 96.2 Å². The van der Waals surface area contributed by atoms with Gasteiger partial charge in [-0.3, -0.25) is 0 Å². The molecule has 0 heterocycles. The highest BCUT2D eigenvalue weighted by molar-refractivity contribution is 5.69. The number of nitrogens with zero attached hydrogens (tertiary/aromatic N) is 2. The van der Waals surface area contributed by atoms with Gasteiger partial charge in [0.15, 0.2) is 0 Å². The highest BCUT2D eigenvalue weighted by atomic mass is 16.5. The van der Waals surface area contributed by atoms with Crippen molar-refractivity contribution in [3.63, 3.8) is 0 Å². The number of methoxy groups -OCH3 is 1. The molecule has 0 fully saturated rings. The lowest BCUT2D eigenvalue weighted by Gasteiger charge is -2.22. The van der Waals surface area contributed by atoms with Gasteiger partial charge in [0.25, 0.3) is 0 Å². The summed E-state index contributed by atoms with van der Waals surface area (Å²) in [6.07, 6.45) is 0. The van der Waals surface area contributed by atoms with E-state index in [1.807, 2.05) is 31.0 Å². The third-order valence-corrected chi connectivity index (χ3v) is 2.41. The van der Waals surface area contributed by atoms with Gasteiger partial charge in [0.1, 0.15) is 5.75 Å². The summed E-state index contributed by atoms with van der Waals surface area (Å²) in [5.41, 5.74) is 7.49. The quantitative estimate of drug-likeness (QED) is 0.785. The molecular formula is C12H17N3O. The van der Waals surface area contributed by atoms with E-state index in [4.69, 9.17) is 15.7 Å². The summed E-state index contributed by atoms with van der Waals surface area (Å²) in [7, 11) is 3.53. The van der Waals surface area contributed by atoms with E-state index in [1.165, 1.54) is 0 Å². The summed E-state index contributed by atoms with van der Waals surface area (Å²) in [4.78, 5) is 1.97. The number of benzene rings is 1. The number of ether oxygens (including phenoxy) is 1. The van der Waals surface area contributed by atoms with E-state index in [-0.39, 0.29) is 5.92 Å². The van der Waals surface area contributed by atoms with Crippen molar-refractivity contribution in [2.24, 2.45) is 5.92 Å². The first-order valence-electron chi connectivity index (χ1n) is 5.12. The number of rotatable bonds is 4. The van der Waals surface area contributed by atoms with Gasteiger partial charge in [-0.1, -0.05) is 0 Å². The van der Waals surface area contributed by atoms with Gasteiger partial charge in [-0.15, -0.1) is 0 Å². The zero-order valence-corrected chi connectivity index (χ0v) is 9.90. The molecule has 1 aromatic carbocycles. The second kappa shape index (κ2) is 5.26. The van der Waals surface area contributed by atoms with Crippen LogP contribution in [0.2, 0.25) is 0 Å². The lowest BCUT2D eigenvalue weighted by atomic mass is 10.1. The van der Waals surface area contributed by atoms with E-state index in [0.717, 1.165) is 11.4 Å². The summed E-state index contributed by atoms with van der Waals surface area (Å²) in [6.45, 7) is 2.54. The number of nitriles is 1. The molecular weight excluding hydrogens is 202 g/mol. The third kappa shape index (κ3) is 2.80. The highest BCUT2D eigenvalue weighted by Gasteiger charge is 2.09. The van der Waals surface area contributed by atoms with Crippen LogP contribution in [0.5, 0.6) is 5.75 Å². The fourth-order valence-electron chi connectivity index (χ4n) is 1.56. The van der Waals surface area contributed by atoms with Crippen molar-refractivity contribution < 1.29 is 4.74 Å². The molecule has 4 heteroatoms. The lowest BCUT2D eigenvalue weighted by Crippen LogP contribution is -2.24. The first kappa shape index (κ1) is 12.2. The molecule has 2 N–H and O–H groups in total. The number of nitrogens with two attached hydrogens (primary N) is 1. The summed E-state index contributed by atoms with van der Waals surface area (Å²) in [5, 5.41) is 8.75. The monoisotopic (exact) mass is 219 g/mol. The van der Waals surface area contributed by atoms with Crippen LogP contribution in [-0.4, -0.2) is 20.7 Å². The molecule has 0 aliphatic heterocycles. The van der Waals surface area contributed by atoms with Crippen molar-refractivity contribution in [3.05, 3.63) is 18.2 Å². The van der Waals surface area contributed by atoms with Gasteiger partial charge < -0.3 is 15.4 Å². The topological polar surface area (TPSA) is 62.3 Å². The molecule has 0 aromatic heterocycles. The number of hydrogen-bond acceptors (Lipinski definition) is 4. The van der Waals surface area contributed by atoms with Crippen LogP contribution in [0.25, 0.3) is 0 Å². The molecule has 0 spiro atoms. The van der Waals surface area contributed by atoms with Gasteiger partial charge in [-0.25, -0.2) is 0 Å². The average Bonchev–Trinajstić information content (AvgIpc) is 2.28. The van der Waals surface area contributed by atoms with E-state index in [9.17, 15) is 0 Å². The average molecular weight is 219 g/mol. The van der Waals surface area contributed by atoms with Crippen molar-refractivity contribution in [3.8, 4) is 11.8 Å². The second-order valence-corrected chi connectivity index (χ2v) is 3.84. The fraction of sp³-hybridized carbons (Fsp3) is 0.417. The predicted molar refractivity (Wildman–Crippen MR) is 65.5 cm³/mol. The minimum absolute atomic E-state index is 0.0218. The zero-order chi connectivity index (χ0) is 12.1. The maximum atomic E-state index is 8.75. The SMILES string of the molecule is COc1ccc(N(C)CC(C)C#N)c(N)c1. The zero-order valence-electron chi connectivity index (χ0n) is 9.90. The van der Waals surface area contributed by atoms with E-state index in [2.05, 4.69) is 6.07 Å². The molecule has 0 bridgehead atoms. The van der Waals surface area contributed by atoms with Crippen molar-refractivity contribution in [2.75, 3.05) is 31.3 Å². The van der Waals surface area contributed by atoms with Crippen LogP contribution in [0.3, 0.4) is 0 Å². The normalized spacial score (nSPS) is 11.6. The molecule has 4 nitrogen and oxygen atoms in total. The lowest BCUT2D eigenvalue weighted by molar-refractivity contribution is 0.415. The van der Waals surface area contributed by atoms with Crippen molar-refractivity contribution >= 4 is 11.4 Å². The molecule has 86 valence electrons. The molecule has 1 unspecified atom stereocenters. The number of hydrogen-bond donors (Lipinski definition) is 1. The van der Waals surface area contributed by atoms with Gasteiger partial charge in [0.05, 0.1) is 30.5 Å². The van der Waals surface area contributed by atoms with Gasteiger partial charge in [0, 0.05) is 19.7 Å². The predicted octanol–water partition coefficient (Wildman–Crippen LogP) is 1.87. The maximum absolute atomic E-state index is 8.75. The third-order valence-electron chi connectivity index (χ3n) is 2.41. The van der Waals surface area contributed by atoms with Crippen molar-refractivity contribution in [1.29, 1.82) is 5.26 Å². The second-order valence-electron chi connectivity index (χ2n) is 3.84. The summed E-state index contributed by atoms with van der Waals surface area (Å²) in [6, 6.07) is 7.74. The standard InChI is InChI=1S/C12H17N3O/c1-9(7-13)8-15(2)12-5-4-10(16-3)6-11(12)14/h4-6,9H,8,14H2,1-3H3. The Hall–Kier alpha value is -1.89. The van der Waals surface area contributed by atoms with Gasteiger partial charge in [-0.2, -0.15) is 5.26 Å². The van der Waals surface area contributed by atoms with E-state index in [1.54, 1.807) is 13.2 Å². The Kier molecular flexibility index (Phi) is 4.01. The van der Waals surface area contributed by atoms with E-state index >= 15 is 0 Å². The van der Waals surface area contributed by atoms with Crippen molar-refractivity contribution in [2.45, 2.75) is 6.92 Å². The number of anilines is 2. The van der Waals surface area contributed by atoms with E-state index in [0.29, 0.717) is 12.2 Å². The van der Waals surface area contributed by atoms with Crippen molar-refractivity contribution in [1.82, 2.24) is 0 Å². The molecule has 0 aliphatic carbocycles. The van der Waals surface area contributed by atoms with Gasteiger partial charge in [0.2, 0.25) is 0 Å². The number of nitrogen functional groups attached to an aromatic ring is 1. The molecule has 0 aliphatic rings. The Morgan fingerprint density at radius 3 is 2.75 bits per heavy atom. The molecule has 0 saturated carbocycles. The van der Waals surface area contributed by atoms with Gasteiger partial charge in [-0.05, 0) is 19.1 Å². The van der Waals surface area contributed by atoms with Crippen LogP contribution in [-0.2, 0) is 0 Å². The molecule has 1 atom stereocenters. The molecule has 0 radical (unpaired) electrons. The first-order valence-corrected chi connectivity index (χ1v) is 5.12. The Morgan fingerprint density at radius 2 is 2.25 bits per heavy atom. The Morgan fingerprint density at radius 1 is 1.56 bits per heavy atom. The minimum Gasteiger partial charge on any atom is -0.497 e. The minimum atomic E-state index is -0.0218. The largest absolute Gasteiger partial charge is 0.497 e. The van der Waals surface area contributed by atoms with E-state index < -0.39 is 0 Å². The summed E-state index contributed by atoms with van der Waals surface area (Å²) >= 11 is 0. The molecule has 16 heavy (non-hydrogen) atoms. The first-order chi connectivity index (χ1) is 7.58. The molecule has 1 rings (SSSR count). The summed E-state index contributed by atoms with van der Waals surface area (Å²) in [5.74, 6) is 0.717. The van der Waals surface area contributed by atoms with Crippen LogP contribution in [0.4, 0.5) is 11.4 Å². The Bertz CT molecular complexity index is 398. The van der Waals surface area contributed by atoms with Crippen LogP contribution in [0.15, 0.2) is 18.2 Å². The maximum Gasteiger partial charge on any atom is 0.121 e. The molecule has 0 saturated heterocycles. The molecule has 0 amide bonds. The summed E-state index contributed by atoms with van der Waals surface area (Å²) < 4.78 is 5.08. The van der Waals surface area contributed by atoms with Crippen LogP contribution < -0.4 is 15.4 Å². The Balaban J connectivity index is 2.84.